The Bertz CT molecular complexity index is 1010. The van der Waals surface area contributed by atoms with Crippen LogP contribution in [0.25, 0.3) is 5.69 Å². The predicted octanol–water partition coefficient (Wildman–Crippen LogP) is 3.99. The van der Waals surface area contributed by atoms with Gasteiger partial charge in [0, 0.05) is 24.2 Å². The second kappa shape index (κ2) is 7.34. The Balaban J connectivity index is 1.57. The highest BCUT2D eigenvalue weighted by Gasteiger charge is 2.23. The number of aromatic nitrogens is 2. The van der Waals surface area contributed by atoms with Gasteiger partial charge in [0.2, 0.25) is 0 Å². The minimum atomic E-state index is -0.368. The maximum atomic E-state index is 13.1. The van der Waals surface area contributed by atoms with Crippen LogP contribution in [0, 0.1) is 5.82 Å². The first-order valence-corrected chi connectivity index (χ1v) is 9.13. The van der Waals surface area contributed by atoms with Crippen LogP contribution < -0.4 is 14.8 Å². The molecule has 144 valence electrons. The van der Waals surface area contributed by atoms with Gasteiger partial charge >= 0.3 is 0 Å². The summed E-state index contributed by atoms with van der Waals surface area (Å²) in [4.78, 5) is 12.7. The lowest BCUT2D eigenvalue weighted by molar-refractivity contribution is 0.102. The number of carbonyl (C=O) groups is 1. The molecule has 0 radical (unpaired) electrons. The molecular weight excluding hydrogens is 361 g/mol. The van der Waals surface area contributed by atoms with Crippen molar-refractivity contribution in [3.05, 3.63) is 65.7 Å². The molecule has 1 amide bonds. The van der Waals surface area contributed by atoms with E-state index in [9.17, 15) is 9.18 Å². The van der Waals surface area contributed by atoms with Crippen molar-refractivity contribution in [2.75, 3.05) is 11.9 Å². The molecule has 6 nitrogen and oxygen atoms in total. The molecule has 0 fully saturated rings. The molecule has 4 rings (SSSR count). The van der Waals surface area contributed by atoms with Crippen LogP contribution in [-0.2, 0) is 6.42 Å². The lowest BCUT2D eigenvalue weighted by Gasteiger charge is -2.13. The van der Waals surface area contributed by atoms with E-state index in [4.69, 9.17) is 9.47 Å². The summed E-state index contributed by atoms with van der Waals surface area (Å²) < 4.78 is 26.1. The summed E-state index contributed by atoms with van der Waals surface area (Å²) in [5.41, 5.74) is 2.50. The van der Waals surface area contributed by atoms with Gasteiger partial charge in [0.15, 0.2) is 5.69 Å². The number of nitrogens with zero attached hydrogens (tertiary/aromatic N) is 2. The zero-order valence-electron chi connectivity index (χ0n) is 15.6. The SMILES string of the molecule is CCOc1cc2c(cc1NC(=O)c1ccn(-c3ccc(F)cc3)n1)OC(C)C2. The molecular formula is C21H20FN3O3. The number of fused-ring (bicyclic) bond motifs is 1. The van der Waals surface area contributed by atoms with E-state index in [1.54, 1.807) is 30.5 Å². The molecule has 1 atom stereocenters. The van der Waals surface area contributed by atoms with Gasteiger partial charge in [0.05, 0.1) is 18.0 Å². The van der Waals surface area contributed by atoms with Crippen LogP contribution in [0.15, 0.2) is 48.7 Å². The Labute approximate surface area is 161 Å². The average molecular weight is 381 g/mol. The molecule has 3 aromatic rings. The molecule has 0 bridgehead atoms. The normalized spacial score (nSPS) is 15.0. The molecule has 1 unspecified atom stereocenters. The predicted molar refractivity (Wildman–Crippen MR) is 103 cm³/mol. The number of carbonyl (C=O) groups excluding carboxylic acids is 1. The van der Waals surface area contributed by atoms with Crippen LogP contribution in [0.1, 0.15) is 29.9 Å². The van der Waals surface area contributed by atoms with E-state index in [-0.39, 0.29) is 23.5 Å². The highest BCUT2D eigenvalue weighted by molar-refractivity contribution is 6.03. The number of anilines is 1. The van der Waals surface area contributed by atoms with Crippen molar-refractivity contribution in [2.24, 2.45) is 0 Å². The first-order valence-electron chi connectivity index (χ1n) is 9.13. The number of halogens is 1. The summed E-state index contributed by atoms with van der Waals surface area (Å²) in [5, 5.41) is 7.13. The molecule has 0 aliphatic carbocycles. The maximum Gasteiger partial charge on any atom is 0.276 e. The largest absolute Gasteiger partial charge is 0.492 e. The molecule has 0 saturated heterocycles. The summed E-state index contributed by atoms with van der Waals surface area (Å²) >= 11 is 0. The van der Waals surface area contributed by atoms with E-state index in [0.29, 0.717) is 23.7 Å². The Morgan fingerprint density at radius 2 is 2.11 bits per heavy atom. The van der Waals surface area contributed by atoms with Crippen molar-refractivity contribution in [3.8, 4) is 17.2 Å². The number of hydrogen-bond donors (Lipinski definition) is 1. The number of benzene rings is 2. The number of ether oxygens (including phenoxy) is 2. The van der Waals surface area contributed by atoms with Crippen molar-refractivity contribution in [2.45, 2.75) is 26.4 Å². The molecule has 0 spiro atoms. The van der Waals surface area contributed by atoms with Crippen LogP contribution >= 0.6 is 0 Å². The Hall–Kier alpha value is -3.35. The van der Waals surface area contributed by atoms with Gasteiger partial charge in [0.1, 0.15) is 23.4 Å². The van der Waals surface area contributed by atoms with E-state index in [2.05, 4.69) is 10.4 Å². The fourth-order valence-corrected chi connectivity index (χ4v) is 3.18. The van der Waals surface area contributed by atoms with Crippen LogP contribution in [0.2, 0.25) is 0 Å². The van der Waals surface area contributed by atoms with Crippen molar-refractivity contribution in [3.63, 3.8) is 0 Å². The van der Waals surface area contributed by atoms with E-state index in [1.165, 1.54) is 16.8 Å². The second-order valence-corrected chi connectivity index (χ2v) is 6.60. The van der Waals surface area contributed by atoms with Gasteiger partial charge in [-0.2, -0.15) is 5.10 Å². The van der Waals surface area contributed by atoms with E-state index < -0.39 is 0 Å². The van der Waals surface area contributed by atoms with Gasteiger partial charge < -0.3 is 14.8 Å². The molecule has 1 aromatic heterocycles. The fraction of sp³-hybridized carbons (Fsp3) is 0.238. The van der Waals surface area contributed by atoms with Gasteiger partial charge in [-0.1, -0.05) is 0 Å². The number of rotatable bonds is 5. The monoisotopic (exact) mass is 381 g/mol. The Morgan fingerprint density at radius 1 is 1.32 bits per heavy atom. The number of amides is 1. The molecule has 2 aromatic carbocycles. The molecule has 1 aliphatic rings. The molecule has 0 saturated carbocycles. The van der Waals surface area contributed by atoms with Gasteiger partial charge in [-0.3, -0.25) is 4.79 Å². The summed E-state index contributed by atoms with van der Waals surface area (Å²) in [6, 6.07) is 11.2. The fourth-order valence-electron chi connectivity index (χ4n) is 3.18. The second-order valence-electron chi connectivity index (χ2n) is 6.60. The molecule has 1 N–H and O–H groups in total. The zero-order chi connectivity index (χ0) is 19.7. The topological polar surface area (TPSA) is 65.4 Å². The first-order chi connectivity index (χ1) is 13.5. The Morgan fingerprint density at radius 3 is 2.86 bits per heavy atom. The van der Waals surface area contributed by atoms with E-state index >= 15 is 0 Å². The van der Waals surface area contributed by atoms with Crippen molar-refractivity contribution >= 4 is 11.6 Å². The minimum absolute atomic E-state index is 0.0989. The standard InChI is InChI=1S/C21H20FN3O3/c1-3-27-20-11-14-10-13(2)28-19(14)12-18(20)23-21(26)17-8-9-25(24-17)16-6-4-15(22)5-7-16/h4-9,11-13H,3,10H2,1-2H3,(H,23,26). The molecule has 2 heterocycles. The van der Waals surface area contributed by atoms with Gasteiger partial charge in [-0.15, -0.1) is 0 Å². The molecule has 7 heteroatoms. The number of hydrogen-bond acceptors (Lipinski definition) is 4. The third-order valence-corrected chi connectivity index (χ3v) is 4.46. The maximum absolute atomic E-state index is 13.1. The van der Waals surface area contributed by atoms with E-state index in [0.717, 1.165) is 17.7 Å². The summed E-state index contributed by atoms with van der Waals surface area (Å²) in [6.45, 7) is 4.38. The van der Waals surface area contributed by atoms with Crippen LogP contribution in [-0.4, -0.2) is 28.4 Å². The van der Waals surface area contributed by atoms with Gasteiger partial charge in [-0.25, -0.2) is 9.07 Å². The number of nitrogens with one attached hydrogen (secondary N) is 1. The van der Waals surface area contributed by atoms with Crippen LogP contribution in [0.5, 0.6) is 11.5 Å². The first kappa shape index (κ1) is 18.0. The molecule has 28 heavy (non-hydrogen) atoms. The highest BCUT2D eigenvalue weighted by Crippen LogP contribution is 2.38. The highest BCUT2D eigenvalue weighted by atomic mass is 19.1. The summed E-state index contributed by atoms with van der Waals surface area (Å²) in [7, 11) is 0. The smallest absolute Gasteiger partial charge is 0.276 e. The summed E-state index contributed by atoms with van der Waals surface area (Å²) in [5.74, 6) is 0.659. The zero-order valence-corrected chi connectivity index (χ0v) is 15.6. The lowest BCUT2D eigenvalue weighted by Crippen LogP contribution is -2.14. The van der Waals surface area contributed by atoms with E-state index in [1.807, 2.05) is 19.9 Å². The van der Waals surface area contributed by atoms with Crippen molar-refractivity contribution in [1.82, 2.24) is 9.78 Å². The Kier molecular flexibility index (Phi) is 4.73. The van der Waals surface area contributed by atoms with Crippen molar-refractivity contribution in [1.29, 1.82) is 0 Å². The minimum Gasteiger partial charge on any atom is -0.492 e. The lowest BCUT2D eigenvalue weighted by atomic mass is 10.1. The quantitative estimate of drug-likeness (QED) is 0.726. The van der Waals surface area contributed by atoms with Crippen LogP contribution in [0.3, 0.4) is 0 Å². The third kappa shape index (κ3) is 3.55. The van der Waals surface area contributed by atoms with Crippen LogP contribution in [0.4, 0.5) is 10.1 Å². The summed E-state index contributed by atoms with van der Waals surface area (Å²) in [6.07, 6.45) is 2.56. The van der Waals surface area contributed by atoms with Gasteiger partial charge in [0.25, 0.3) is 5.91 Å². The van der Waals surface area contributed by atoms with Gasteiger partial charge in [-0.05, 0) is 50.2 Å². The third-order valence-electron chi connectivity index (χ3n) is 4.46. The van der Waals surface area contributed by atoms with Crippen molar-refractivity contribution < 1.29 is 18.7 Å². The molecule has 1 aliphatic heterocycles. The average Bonchev–Trinajstić information content (AvgIpc) is 3.29.